The second kappa shape index (κ2) is 7.59. The standard InChI is InChI=1S/C19H18ClN5O2/c1-11-7-12(2)9-14(8-11)23-18-17(25(26)27)19(22-10-21-18)24-16-6-4-5-15(20)13(16)3/h4-10H,1-3H3,(H2,21,22,23,24). The van der Waals surface area contributed by atoms with E-state index < -0.39 is 4.92 Å². The highest BCUT2D eigenvalue weighted by molar-refractivity contribution is 6.31. The van der Waals surface area contributed by atoms with Crippen LogP contribution >= 0.6 is 11.6 Å². The lowest BCUT2D eigenvalue weighted by molar-refractivity contribution is -0.383. The zero-order chi connectivity index (χ0) is 19.6. The highest BCUT2D eigenvalue weighted by Crippen LogP contribution is 2.34. The number of nitro groups is 1. The second-order valence-electron chi connectivity index (χ2n) is 6.22. The van der Waals surface area contributed by atoms with Crippen molar-refractivity contribution in [1.82, 2.24) is 9.97 Å². The first-order valence-electron chi connectivity index (χ1n) is 8.22. The fraction of sp³-hybridized carbons (Fsp3) is 0.158. The molecule has 0 bridgehead atoms. The molecule has 0 fully saturated rings. The summed E-state index contributed by atoms with van der Waals surface area (Å²) in [5, 5.41) is 18.3. The summed E-state index contributed by atoms with van der Waals surface area (Å²) in [4.78, 5) is 19.3. The van der Waals surface area contributed by atoms with Crippen molar-refractivity contribution < 1.29 is 4.92 Å². The molecule has 1 heterocycles. The third kappa shape index (κ3) is 4.15. The van der Waals surface area contributed by atoms with Gasteiger partial charge in [0.2, 0.25) is 11.6 Å². The summed E-state index contributed by atoms with van der Waals surface area (Å²) in [5.41, 5.74) is 3.98. The van der Waals surface area contributed by atoms with Gasteiger partial charge in [0.15, 0.2) is 0 Å². The minimum absolute atomic E-state index is 0.0900. The van der Waals surface area contributed by atoms with E-state index in [-0.39, 0.29) is 17.3 Å². The van der Waals surface area contributed by atoms with Crippen molar-refractivity contribution in [3.05, 3.63) is 74.6 Å². The van der Waals surface area contributed by atoms with Crippen LogP contribution in [0.2, 0.25) is 5.02 Å². The number of nitrogens with one attached hydrogen (secondary N) is 2. The fourth-order valence-corrected chi connectivity index (χ4v) is 2.96. The number of anilines is 4. The largest absolute Gasteiger partial charge is 0.353 e. The molecule has 27 heavy (non-hydrogen) atoms. The molecule has 0 aliphatic heterocycles. The van der Waals surface area contributed by atoms with Crippen molar-refractivity contribution in [2.24, 2.45) is 0 Å². The minimum Gasteiger partial charge on any atom is -0.334 e. The van der Waals surface area contributed by atoms with Crippen LogP contribution in [0.5, 0.6) is 0 Å². The number of nitrogens with zero attached hydrogens (tertiary/aromatic N) is 3. The number of aromatic nitrogens is 2. The van der Waals surface area contributed by atoms with E-state index in [1.165, 1.54) is 6.33 Å². The zero-order valence-corrected chi connectivity index (χ0v) is 15.8. The molecule has 7 nitrogen and oxygen atoms in total. The molecule has 0 aliphatic carbocycles. The van der Waals surface area contributed by atoms with E-state index in [9.17, 15) is 10.1 Å². The minimum atomic E-state index is -0.507. The van der Waals surface area contributed by atoms with Gasteiger partial charge in [-0.1, -0.05) is 23.7 Å². The Morgan fingerprint density at radius 1 is 1.00 bits per heavy atom. The van der Waals surface area contributed by atoms with Gasteiger partial charge in [-0.3, -0.25) is 10.1 Å². The lowest BCUT2D eigenvalue weighted by atomic mass is 10.1. The number of hydrogen-bond donors (Lipinski definition) is 2. The van der Waals surface area contributed by atoms with Crippen molar-refractivity contribution in [1.29, 1.82) is 0 Å². The molecule has 0 amide bonds. The van der Waals surface area contributed by atoms with Gasteiger partial charge in [-0.15, -0.1) is 0 Å². The van der Waals surface area contributed by atoms with Gasteiger partial charge in [0.05, 0.1) is 4.92 Å². The van der Waals surface area contributed by atoms with Crippen molar-refractivity contribution in [3.8, 4) is 0 Å². The first-order chi connectivity index (χ1) is 12.8. The summed E-state index contributed by atoms with van der Waals surface area (Å²) in [6, 6.07) is 11.1. The fourth-order valence-electron chi connectivity index (χ4n) is 2.79. The Bertz CT molecular complexity index is 1000. The first-order valence-corrected chi connectivity index (χ1v) is 8.60. The van der Waals surface area contributed by atoms with Gasteiger partial charge >= 0.3 is 5.69 Å². The predicted molar refractivity (Wildman–Crippen MR) is 107 cm³/mol. The Kier molecular flexibility index (Phi) is 5.23. The van der Waals surface area contributed by atoms with Gasteiger partial charge in [0.1, 0.15) is 6.33 Å². The Morgan fingerprint density at radius 3 is 2.26 bits per heavy atom. The molecule has 1 aromatic heterocycles. The van der Waals surface area contributed by atoms with E-state index in [1.807, 2.05) is 39.0 Å². The summed E-state index contributed by atoms with van der Waals surface area (Å²) in [7, 11) is 0. The van der Waals surface area contributed by atoms with Crippen LogP contribution in [0.3, 0.4) is 0 Å². The monoisotopic (exact) mass is 383 g/mol. The van der Waals surface area contributed by atoms with Gasteiger partial charge in [-0.2, -0.15) is 0 Å². The van der Waals surface area contributed by atoms with E-state index in [4.69, 9.17) is 11.6 Å². The number of benzene rings is 2. The van der Waals surface area contributed by atoms with Crippen LogP contribution in [0.1, 0.15) is 16.7 Å². The molecule has 0 saturated carbocycles. The molecular weight excluding hydrogens is 366 g/mol. The first kappa shape index (κ1) is 18.6. The Hall–Kier alpha value is -3.19. The van der Waals surface area contributed by atoms with Crippen LogP contribution in [0.15, 0.2) is 42.7 Å². The van der Waals surface area contributed by atoms with Gasteiger partial charge < -0.3 is 10.6 Å². The number of rotatable bonds is 5. The van der Waals surface area contributed by atoms with Gasteiger partial charge in [-0.25, -0.2) is 9.97 Å². The summed E-state index contributed by atoms with van der Waals surface area (Å²) in [5.74, 6) is 0.203. The molecule has 0 unspecified atom stereocenters. The Morgan fingerprint density at radius 2 is 1.63 bits per heavy atom. The molecule has 3 rings (SSSR count). The number of hydrogen-bond acceptors (Lipinski definition) is 6. The van der Waals surface area contributed by atoms with Crippen LogP contribution < -0.4 is 10.6 Å². The molecule has 0 saturated heterocycles. The smallest absolute Gasteiger partial charge is 0.334 e. The summed E-state index contributed by atoms with van der Waals surface area (Å²) in [6.07, 6.45) is 1.28. The Labute approximate surface area is 161 Å². The molecule has 0 spiro atoms. The van der Waals surface area contributed by atoms with Crippen molar-refractivity contribution in [2.75, 3.05) is 10.6 Å². The SMILES string of the molecule is Cc1cc(C)cc(Nc2ncnc(Nc3cccc(Cl)c3C)c2[N+](=O)[O-])c1. The lowest BCUT2D eigenvalue weighted by Gasteiger charge is -2.12. The quantitative estimate of drug-likeness (QED) is 0.449. The number of halogens is 1. The van der Waals surface area contributed by atoms with Crippen LogP contribution in [0, 0.1) is 30.9 Å². The molecular formula is C19H18ClN5O2. The summed E-state index contributed by atoms with van der Waals surface area (Å²) >= 11 is 6.13. The van der Waals surface area contributed by atoms with Crippen LogP contribution in [0.25, 0.3) is 0 Å². The van der Waals surface area contributed by atoms with Crippen LogP contribution in [-0.2, 0) is 0 Å². The zero-order valence-electron chi connectivity index (χ0n) is 15.1. The molecule has 8 heteroatoms. The number of aryl methyl sites for hydroxylation is 2. The molecule has 2 N–H and O–H groups in total. The average Bonchev–Trinajstić information content (AvgIpc) is 2.58. The average molecular weight is 384 g/mol. The molecule has 138 valence electrons. The topological polar surface area (TPSA) is 93.0 Å². The van der Waals surface area contributed by atoms with Crippen molar-refractivity contribution in [3.63, 3.8) is 0 Å². The lowest BCUT2D eigenvalue weighted by Crippen LogP contribution is -2.06. The van der Waals surface area contributed by atoms with Crippen LogP contribution in [-0.4, -0.2) is 14.9 Å². The van der Waals surface area contributed by atoms with E-state index in [0.717, 1.165) is 22.4 Å². The molecule has 3 aromatic rings. The second-order valence-corrected chi connectivity index (χ2v) is 6.62. The van der Waals surface area contributed by atoms with Crippen LogP contribution in [0.4, 0.5) is 28.7 Å². The molecule has 2 aromatic carbocycles. The maximum Gasteiger partial charge on any atom is 0.353 e. The third-order valence-corrected chi connectivity index (χ3v) is 4.42. The highest BCUT2D eigenvalue weighted by Gasteiger charge is 2.24. The van der Waals surface area contributed by atoms with Gasteiger partial charge in [-0.05, 0) is 61.7 Å². The normalized spacial score (nSPS) is 10.5. The summed E-state index contributed by atoms with van der Waals surface area (Å²) in [6.45, 7) is 5.75. The highest BCUT2D eigenvalue weighted by atomic mass is 35.5. The van der Waals surface area contributed by atoms with Gasteiger partial charge in [0.25, 0.3) is 0 Å². The van der Waals surface area contributed by atoms with E-state index in [0.29, 0.717) is 10.7 Å². The maximum absolute atomic E-state index is 11.7. The third-order valence-electron chi connectivity index (χ3n) is 4.01. The predicted octanol–water partition coefficient (Wildman–Crippen LogP) is 5.45. The van der Waals surface area contributed by atoms with Crippen molar-refractivity contribution in [2.45, 2.75) is 20.8 Å². The van der Waals surface area contributed by atoms with E-state index in [1.54, 1.807) is 18.2 Å². The Balaban J connectivity index is 2.02. The van der Waals surface area contributed by atoms with Crippen molar-refractivity contribution >= 4 is 40.3 Å². The van der Waals surface area contributed by atoms with E-state index >= 15 is 0 Å². The summed E-state index contributed by atoms with van der Waals surface area (Å²) < 4.78 is 0. The molecule has 0 atom stereocenters. The molecule has 0 radical (unpaired) electrons. The van der Waals surface area contributed by atoms with Gasteiger partial charge in [0, 0.05) is 16.4 Å². The maximum atomic E-state index is 11.7. The van der Waals surface area contributed by atoms with E-state index in [2.05, 4.69) is 20.6 Å². The molecule has 0 aliphatic rings.